The van der Waals surface area contributed by atoms with Gasteiger partial charge in [0.15, 0.2) is 0 Å². The van der Waals surface area contributed by atoms with Gasteiger partial charge in [0.25, 0.3) is 0 Å². The first-order chi connectivity index (χ1) is 16.4. The number of imidazole rings is 1. The first-order valence-corrected chi connectivity index (χ1v) is 11.7. The summed E-state index contributed by atoms with van der Waals surface area (Å²) in [5, 5.41) is 25.5. The summed E-state index contributed by atoms with van der Waals surface area (Å²) >= 11 is 0. The monoisotopic (exact) mass is 460 g/mol. The third-order valence-electron chi connectivity index (χ3n) is 6.26. The topological polar surface area (TPSA) is 124 Å². The molecule has 0 unspecified atom stereocenters. The molecule has 8 nitrogen and oxygen atoms in total. The summed E-state index contributed by atoms with van der Waals surface area (Å²) in [6.07, 6.45) is 6.58. The number of nitrogens with zero attached hydrogens (tertiary/aromatic N) is 3. The van der Waals surface area contributed by atoms with Gasteiger partial charge < -0.3 is 25.0 Å². The van der Waals surface area contributed by atoms with Gasteiger partial charge >= 0.3 is 0 Å². The molecule has 0 radical (unpaired) electrons. The van der Waals surface area contributed by atoms with E-state index >= 15 is 0 Å². The van der Waals surface area contributed by atoms with Crippen molar-refractivity contribution in [2.24, 2.45) is 5.73 Å². The lowest BCUT2D eigenvalue weighted by Crippen LogP contribution is -2.40. The number of aryl methyl sites for hydroxylation is 1. The Labute approximate surface area is 199 Å². The summed E-state index contributed by atoms with van der Waals surface area (Å²) in [5.41, 5.74) is 8.70. The number of nitrogen functional groups attached to an aromatic ring is 1. The second-order valence-corrected chi connectivity index (χ2v) is 8.62. The Morgan fingerprint density at radius 3 is 2.65 bits per heavy atom. The summed E-state index contributed by atoms with van der Waals surface area (Å²) in [6.45, 7) is 6.23. The van der Waals surface area contributed by atoms with Gasteiger partial charge in [-0.05, 0) is 37.3 Å². The Balaban J connectivity index is 1.49. The molecule has 178 valence electrons. The van der Waals surface area contributed by atoms with E-state index in [4.69, 9.17) is 26.3 Å². The molecule has 2 heterocycles. The van der Waals surface area contributed by atoms with E-state index in [2.05, 4.69) is 22.5 Å². The number of piperidine rings is 1. The average Bonchev–Trinajstić information content (AvgIpc) is 3.17. The van der Waals surface area contributed by atoms with Crippen LogP contribution in [0.15, 0.2) is 42.5 Å². The van der Waals surface area contributed by atoms with Crippen LogP contribution < -0.4 is 10.5 Å². The number of aromatic nitrogens is 2. The Hall–Kier alpha value is -3.81. The number of nitrogens with two attached hydrogens (primary N) is 1. The molecule has 34 heavy (non-hydrogen) atoms. The fourth-order valence-electron chi connectivity index (χ4n) is 4.35. The van der Waals surface area contributed by atoms with Crippen LogP contribution in [0.3, 0.4) is 0 Å². The number of aromatic hydroxyl groups is 1. The quantitative estimate of drug-likeness (QED) is 0.312. The normalized spacial score (nSPS) is 14.7. The number of benzene rings is 2. The van der Waals surface area contributed by atoms with Crippen molar-refractivity contribution in [1.29, 1.82) is 10.8 Å². The van der Waals surface area contributed by atoms with Crippen LogP contribution in [-0.4, -0.2) is 50.4 Å². The summed E-state index contributed by atoms with van der Waals surface area (Å²) in [6, 6.07) is 10.9. The Bertz CT molecular complexity index is 1240. The van der Waals surface area contributed by atoms with Crippen LogP contribution in [0.4, 0.5) is 0 Å². The molecule has 0 bridgehead atoms. The third-order valence-corrected chi connectivity index (χ3v) is 6.26. The number of rotatable bonds is 7. The highest BCUT2D eigenvalue weighted by Crippen LogP contribution is 2.26. The number of amidine groups is 2. The number of hydrogen-bond donors (Lipinski definition) is 4. The fourth-order valence-corrected chi connectivity index (χ4v) is 4.35. The molecular weight excluding hydrogens is 428 g/mol. The van der Waals surface area contributed by atoms with Crippen molar-refractivity contribution >= 4 is 28.8 Å². The molecule has 1 saturated heterocycles. The second kappa shape index (κ2) is 9.99. The molecular formula is C26H32N6O2. The lowest BCUT2D eigenvalue weighted by atomic mass is 10.1. The maximum absolute atomic E-state index is 10.1. The van der Waals surface area contributed by atoms with Crippen molar-refractivity contribution in [1.82, 2.24) is 14.5 Å². The van der Waals surface area contributed by atoms with Crippen LogP contribution in [0.25, 0.3) is 17.1 Å². The van der Waals surface area contributed by atoms with Gasteiger partial charge in [0, 0.05) is 56.1 Å². The van der Waals surface area contributed by atoms with Gasteiger partial charge in [-0.3, -0.25) is 10.8 Å². The number of allylic oxidation sites excluding steroid dienone is 1. The summed E-state index contributed by atoms with van der Waals surface area (Å²) in [5.74, 6) is 2.54. The number of fused-ring (bicyclic) bond motifs is 1. The largest absolute Gasteiger partial charge is 0.507 e. The van der Waals surface area contributed by atoms with Crippen LogP contribution >= 0.6 is 0 Å². The molecule has 0 amide bonds. The highest BCUT2D eigenvalue weighted by Gasteiger charge is 2.21. The van der Waals surface area contributed by atoms with Crippen molar-refractivity contribution in [2.45, 2.75) is 45.8 Å². The molecule has 1 aliphatic heterocycles. The van der Waals surface area contributed by atoms with E-state index in [1.807, 2.05) is 31.2 Å². The molecule has 1 aromatic heterocycles. The summed E-state index contributed by atoms with van der Waals surface area (Å²) < 4.78 is 8.40. The second-order valence-electron chi connectivity index (χ2n) is 8.62. The minimum atomic E-state index is -0.0306. The number of nitrogens with one attached hydrogen (secondary N) is 2. The molecule has 0 spiro atoms. The van der Waals surface area contributed by atoms with Crippen LogP contribution in [0.1, 0.15) is 43.6 Å². The van der Waals surface area contributed by atoms with Gasteiger partial charge in [-0.2, -0.15) is 0 Å². The first-order valence-electron chi connectivity index (χ1n) is 11.7. The van der Waals surface area contributed by atoms with Crippen LogP contribution in [0, 0.1) is 10.8 Å². The molecule has 0 saturated carbocycles. The van der Waals surface area contributed by atoms with E-state index in [1.54, 1.807) is 18.2 Å². The van der Waals surface area contributed by atoms with Crippen molar-refractivity contribution in [3.63, 3.8) is 0 Å². The molecule has 4 rings (SSSR count). The van der Waals surface area contributed by atoms with Crippen molar-refractivity contribution in [3.05, 3.63) is 59.4 Å². The lowest BCUT2D eigenvalue weighted by molar-refractivity contribution is 0.130. The SMILES string of the molecule is CCc1nc2cc(OC3CCN(C(C)=N)CC3)ccc2n1C/C=C/c1cc(C(=N)N)ccc1O. The van der Waals surface area contributed by atoms with E-state index in [0.29, 0.717) is 23.5 Å². The smallest absolute Gasteiger partial charge is 0.122 e. The number of phenolic OH excluding ortho intramolecular Hbond substituents is 1. The number of phenols is 1. The predicted octanol–water partition coefficient (Wildman–Crippen LogP) is 4.14. The van der Waals surface area contributed by atoms with Gasteiger partial charge in [0.2, 0.25) is 0 Å². The average molecular weight is 461 g/mol. The minimum Gasteiger partial charge on any atom is -0.507 e. The third kappa shape index (κ3) is 5.06. The highest BCUT2D eigenvalue weighted by molar-refractivity contribution is 5.95. The predicted molar refractivity (Wildman–Crippen MR) is 136 cm³/mol. The van der Waals surface area contributed by atoms with E-state index in [9.17, 15) is 5.11 Å². The molecule has 1 fully saturated rings. The van der Waals surface area contributed by atoms with Gasteiger partial charge in [-0.1, -0.05) is 19.1 Å². The molecule has 8 heteroatoms. The van der Waals surface area contributed by atoms with Gasteiger partial charge in [-0.15, -0.1) is 0 Å². The molecule has 5 N–H and O–H groups in total. The molecule has 0 aliphatic carbocycles. The zero-order valence-electron chi connectivity index (χ0n) is 19.7. The standard InChI is InChI=1S/C26H32N6O2/c1-3-25-30-22-16-21(34-20-10-13-31(14-11-20)17(2)27)7-8-23(22)32(25)12-4-5-18-15-19(26(28)29)6-9-24(18)33/h4-9,15-16,20,27,33H,3,10-14H2,1-2H3,(H3,28,29)/b5-4+,27-17?. The Morgan fingerprint density at radius 2 is 1.97 bits per heavy atom. The minimum absolute atomic E-state index is 0.0306. The maximum Gasteiger partial charge on any atom is 0.122 e. The summed E-state index contributed by atoms with van der Waals surface area (Å²) in [4.78, 5) is 6.90. The van der Waals surface area contributed by atoms with Crippen LogP contribution in [0.2, 0.25) is 0 Å². The zero-order chi connectivity index (χ0) is 24.2. The molecule has 3 aromatic rings. The van der Waals surface area contributed by atoms with Crippen molar-refractivity contribution in [3.8, 4) is 11.5 Å². The van der Waals surface area contributed by atoms with Gasteiger partial charge in [0.05, 0.1) is 16.9 Å². The number of likely N-dealkylation sites (tertiary alicyclic amines) is 1. The Kier molecular flexibility index (Phi) is 6.86. The van der Waals surface area contributed by atoms with Crippen molar-refractivity contribution in [2.75, 3.05) is 13.1 Å². The lowest BCUT2D eigenvalue weighted by Gasteiger charge is -2.32. The maximum atomic E-state index is 10.1. The zero-order valence-corrected chi connectivity index (χ0v) is 19.7. The number of ether oxygens (including phenoxy) is 1. The van der Waals surface area contributed by atoms with E-state index in [0.717, 1.165) is 55.0 Å². The highest BCUT2D eigenvalue weighted by atomic mass is 16.5. The van der Waals surface area contributed by atoms with Gasteiger partial charge in [0.1, 0.15) is 29.3 Å². The van der Waals surface area contributed by atoms with Crippen LogP contribution in [-0.2, 0) is 13.0 Å². The van der Waals surface area contributed by atoms with E-state index in [-0.39, 0.29) is 17.7 Å². The van der Waals surface area contributed by atoms with E-state index in [1.165, 1.54) is 0 Å². The molecule has 0 atom stereocenters. The first kappa shape index (κ1) is 23.4. The van der Waals surface area contributed by atoms with E-state index < -0.39 is 0 Å². The summed E-state index contributed by atoms with van der Waals surface area (Å²) in [7, 11) is 0. The molecule has 1 aliphatic rings. The van der Waals surface area contributed by atoms with Crippen LogP contribution in [0.5, 0.6) is 11.5 Å². The number of hydrogen-bond acceptors (Lipinski definition) is 5. The Morgan fingerprint density at radius 1 is 1.21 bits per heavy atom. The fraction of sp³-hybridized carbons (Fsp3) is 0.346. The molecule has 2 aromatic carbocycles. The van der Waals surface area contributed by atoms with Gasteiger partial charge in [-0.25, -0.2) is 4.98 Å². The van der Waals surface area contributed by atoms with Crippen molar-refractivity contribution < 1.29 is 9.84 Å².